The first kappa shape index (κ1) is 16.4. The zero-order chi connectivity index (χ0) is 15.3. The molecule has 5 nitrogen and oxygen atoms in total. The normalized spacial score (nSPS) is 22.6. The highest BCUT2D eigenvalue weighted by atomic mass is 32.2. The highest BCUT2D eigenvalue weighted by Gasteiger charge is 2.27. The Hall–Kier alpha value is -0.950. The Labute approximate surface area is 126 Å². The van der Waals surface area contributed by atoms with E-state index in [-0.39, 0.29) is 17.8 Å². The molecular weight excluding hydrogens is 288 g/mol. The molecule has 0 saturated carbocycles. The van der Waals surface area contributed by atoms with Gasteiger partial charge < -0.3 is 10.5 Å². The van der Waals surface area contributed by atoms with E-state index in [4.69, 9.17) is 10.5 Å². The summed E-state index contributed by atoms with van der Waals surface area (Å²) in [6.07, 6.45) is 2.02. The van der Waals surface area contributed by atoms with Crippen LogP contribution < -0.4 is 10.5 Å². The molecule has 1 aromatic carbocycles. The summed E-state index contributed by atoms with van der Waals surface area (Å²) in [5.74, 6) is 0.284. The van der Waals surface area contributed by atoms with Crippen LogP contribution in [0.25, 0.3) is 0 Å². The van der Waals surface area contributed by atoms with E-state index in [1.807, 2.05) is 24.3 Å². The number of benzene rings is 1. The number of nitrogens with one attached hydrogen (secondary N) is 1. The van der Waals surface area contributed by atoms with Crippen LogP contribution in [0, 0.1) is 5.92 Å². The lowest BCUT2D eigenvalue weighted by Crippen LogP contribution is -2.33. The van der Waals surface area contributed by atoms with Gasteiger partial charge in [-0.05, 0) is 24.0 Å². The zero-order valence-electron chi connectivity index (χ0n) is 12.4. The molecule has 1 aromatic rings. The third kappa shape index (κ3) is 4.78. The van der Waals surface area contributed by atoms with Gasteiger partial charge in [-0.3, -0.25) is 0 Å². The van der Waals surface area contributed by atoms with E-state index >= 15 is 0 Å². The zero-order valence-corrected chi connectivity index (χ0v) is 13.2. The summed E-state index contributed by atoms with van der Waals surface area (Å²) in [4.78, 5) is 0. The second-order valence-corrected chi connectivity index (χ2v) is 7.30. The van der Waals surface area contributed by atoms with Crippen molar-refractivity contribution in [3.8, 4) is 0 Å². The van der Waals surface area contributed by atoms with Gasteiger partial charge in [0.15, 0.2) is 0 Å². The molecule has 0 spiro atoms. The fourth-order valence-corrected chi connectivity index (χ4v) is 3.85. The lowest BCUT2D eigenvalue weighted by atomic mass is 10.0. The summed E-state index contributed by atoms with van der Waals surface area (Å²) in [6.45, 7) is 3.72. The first-order valence-corrected chi connectivity index (χ1v) is 9.06. The molecule has 3 N–H and O–H groups in total. The third-order valence-corrected chi connectivity index (χ3v) is 5.25. The third-order valence-electron chi connectivity index (χ3n) is 3.93. The van der Waals surface area contributed by atoms with E-state index in [0.717, 1.165) is 30.6 Å². The highest BCUT2D eigenvalue weighted by molar-refractivity contribution is 7.88. The Morgan fingerprint density at radius 1 is 1.29 bits per heavy atom. The number of sulfonamides is 1. The molecule has 0 aromatic heterocycles. The van der Waals surface area contributed by atoms with Gasteiger partial charge in [0, 0.05) is 25.6 Å². The molecule has 0 radical (unpaired) electrons. The molecule has 6 heteroatoms. The summed E-state index contributed by atoms with van der Waals surface area (Å²) in [6, 6.07) is 7.36. The van der Waals surface area contributed by atoms with Gasteiger partial charge in [0.1, 0.15) is 0 Å². The maximum atomic E-state index is 12.1. The Bertz CT molecular complexity index is 543. The van der Waals surface area contributed by atoms with Gasteiger partial charge >= 0.3 is 0 Å². The van der Waals surface area contributed by atoms with Crippen LogP contribution in [0.2, 0.25) is 0 Å². The molecule has 1 saturated heterocycles. The monoisotopic (exact) mass is 312 g/mol. The van der Waals surface area contributed by atoms with Crippen molar-refractivity contribution in [3.63, 3.8) is 0 Å². The average Bonchev–Trinajstić information content (AvgIpc) is 2.93. The summed E-state index contributed by atoms with van der Waals surface area (Å²) >= 11 is 0. The molecule has 2 rings (SSSR count). The van der Waals surface area contributed by atoms with E-state index in [2.05, 4.69) is 11.6 Å². The first-order chi connectivity index (χ1) is 10.0. The van der Waals surface area contributed by atoms with Crippen LogP contribution in [0.15, 0.2) is 24.3 Å². The predicted molar refractivity (Wildman–Crippen MR) is 83.1 cm³/mol. The van der Waals surface area contributed by atoms with Gasteiger partial charge in [-0.2, -0.15) is 0 Å². The Balaban J connectivity index is 1.89. The second-order valence-electron chi connectivity index (χ2n) is 5.49. The van der Waals surface area contributed by atoms with Crippen LogP contribution in [0.1, 0.15) is 30.9 Å². The summed E-state index contributed by atoms with van der Waals surface area (Å²) in [5.41, 5.74) is 7.30. The number of hydrogen-bond donors (Lipinski definition) is 2. The molecule has 0 aliphatic carbocycles. The van der Waals surface area contributed by atoms with Crippen LogP contribution in [0.5, 0.6) is 0 Å². The van der Waals surface area contributed by atoms with Gasteiger partial charge in [-0.15, -0.1) is 0 Å². The molecule has 1 fully saturated rings. The molecule has 2 atom stereocenters. The Morgan fingerprint density at radius 3 is 2.57 bits per heavy atom. The van der Waals surface area contributed by atoms with Gasteiger partial charge in [0.05, 0.1) is 11.9 Å². The lowest BCUT2D eigenvalue weighted by Gasteiger charge is -2.17. The number of hydrogen-bond acceptors (Lipinski definition) is 4. The van der Waals surface area contributed by atoms with Crippen molar-refractivity contribution < 1.29 is 13.2 Å². The van der Waals surface area contributed by atoms with Gasteiger partial charge in [0.2, 0.25) is 10.0 Å². The van der Waals surface area contributed by atoms with Crippen molar-refractivity contribution in [2.45, 2.75) is 38.2 Å². The molecule has 2 unspecified atom stereocenters. The van der Waals surface area contributed by atoms with E-state index < -0.39 is 10.0 Å². The molecule has 21 heavy (non-hydrogen) atoms. The minimum Gasteiger partial charge on any atom is -0.378 e. The largest absolute Gasteiger partial charge is 0.378 e. The average molecular weight is 312 g/mol. The Kier molecular flexibility index (Phi) is 5.75. The summed E-state index contributed by atoms with van der Waals surface area (Å²) in [5, 5.41) is 0. The van der Waals surface area contributed by atoms with Crippen LogP contribution in [0.4, 0.5) is 0 Å². The summed E-state index contributed by atoms with van der Waals surface area (Å²) in [7, 11) is -3.31. The maximum Gasteiger partial charge on any atom is 0.215 e. The molecule has 1 aliphatic heterocycles. The van der Waals surface area contributed by atoms with Crippen molar-refractivity contribution in [2.24, 2.45) is 11.7 Å². The van der Waals surface area contributed by atoms with Crippen molar-refractivity contribution in [1.82, 2.24) is 4.72 Å². The molecule has 0 amide bonds. The van der Waals surface area contributed by atoms with Gasteiger partial charge in [-0.1, -0.05) is 31.2 Å². The van der Waals surface area contributed by atoms with E-state index in [1.165, 1.54) is 0 Å². The van der Waals surface area contributed by atoms with Crippen LogP contribution in [-0.2, 0) is 27.1 Å². The molecule has 118 valence electrons. The highest BCUT2D eigenvalue weighted by Crippen LogP contribution is 2.22. The number of rotatable bonds is 7. The lowest BCUT2D eigenvalue weighted by molar-refractivity contribution is 0.0884. The van der Waals surface area contributed by atoms with Crippen molar-refractivity contribution in [3.05, 3.63) is 35.4 Å². The molecule has 1 heterocycles. The Morgan fingerprint density at radius 2 is 1.95 bits per heavy atom. The van der Waals surface area contributed by atoms with Crippen LogP contribution >= 0.6 is 0 Å². The minimum absolute atomic E-state index is 0.00220. The fourth-order valence-electron chi connectivity index (χ4n) is 2.65. The van der Waals surface area contributed by atoms with E-state index in [9.17, 15) is 8.42 Å². The first-order valence-electron chi connectivity index (χ1n) is 7.41. The van der Waals surface area contributed by atoms with Crippen LogP contribution in [0.3, 0.4) is 0 Å². The van der Waals surface area contributed by atoms with E-state index in [1.54, 1.807) is 0 Å². The molecular formula is C15H24N2O3S. The smallest absolute Gasteiger partial charge is 0.215 e. The predicted octanol–water partition coefficient (Wildman–Crippen LogP) is 1.38. The maximum absolute atomic E-state index is 12.1. The topological polar surface area (TPSA) is 81.4 Å². The van der Waals surface area contributed by atoms with E-state index in [0.29, 0.717) is 13.1 Å². The molecule has 1 aliphatic rings. The number of nitrogens with two attached hydrogens (primary N) is 1. The second kappa shape index (κ2) is 7.35. The molecule has 0 bridgehead atoms. The van der Waals surface area contributed by atoms with Gasteiger partial charge in [0.25, 0.3) is 0 Å². The standard InChI is InChI=1S/C15H24N2O3S/c1-2-15-14(7-8-20-15)10-17-21(18,19)11-13-5-3-12(9-16)4-6-13/h3-6,14-15,17H,2,7-11,16H2,1H3. The van der Waals surface area contributed by atoms with Crippen molar-refractivity contribution >= 4 is 10.0 Å². The van der Waals surface area contributed by atoms with Crippen molar-refractivity contribution in [1.29, 1.82) is 0 Å². The van der Waals surface area contributed by atoms with Crippen molar-refractivity contribution in [2.75, 3.05) is 13.2 Å². The van der Waals surface area contributed by atoms with Gasteiger partial charge in [-0.25, -0.2) is 13.1 Å². The van der Waals surface area contributed by atoms with Crippen LogP contribution in [-0.4, -0.2) is 27.7 Å². The quantitative estimate of drug-likeness (QED) is 0.797. The minimum atomic E-state index is -3.31. The fraction of sp³-hybridized carbons (Fsp3) is 0.600. The SMILES string of the molecule is CCC1OCCC1CNS(=O)(=O)Cc1ccc(CN)cc1. The summed E-state index contributed by atoms with van der Waals surface area (Å²) < 4.78 is 32.5. The number of ether oxygens (including phenoxy) is 1.